The molecule has 7 heteroatoms. The van der Waals surface area contributed by atoms with Crippen LogP contribution in [0.5, 0.6) is 0 Å². The molecule has 1 saturated heterocycles. The van der Waals surface area contributed by atoms with Gasteiger partial charge in [-0.05, 0) is 48.8 Å². The monoisotopic (exact) mass is 498 g/mol. The van der Waals surface area contributed by atoms with E-state index in [1.54, 1.807) is 5.57 Å². The quantitative estimate of drug-likeness (QED) is 0.311. The van der Waals surface area contributed by atoms with Gasteiger partial charge < -0.3 is 22.6 Å². The topological polar surface area (TPSA) is 31.4 Å². The number of halogens is 2. The van der Waals surface area contributed by atoms with Crippen molar-refractivity contribution >= 4 is 32.4 Å². The van der Waals surface area contributed by atoms with E-state index in [0.29, 0.717) is 18.5 Å². The van der Waals surface area contributed by atoms with Gasteiger partial charge in [0.15, 0.2) is 0 Å². The maximum absolute atomic E-state index is 4.89. The van der Waals surface area contributed by atoms with Gasteiger partial charge in [0.25, 0.3) is 0 Å². The van der Waals surface area contributed by atoms with Gasteiger partial charge >= 0.3 is 35.6 Å². The van der Waals surface area contributed by atoms with Crippen molar-refractivity contribution in [2.24, 2.45) is 11.8 Å². The molecule has 3 unspecified atom stereocenters. The van der Waals surface area contributed by atoms with Crippen molar-refractivity contribution in [3.8, 4) is 0 Å². The van der Waals surface area contributed by atoms with Crippen LogP contribution in [0.15, 0.2) is 36.4 Å². The number of benzene rings is 1. The van der Waals surface area contributed by atoms with E-state index >= 15 is 0 Å². The van der Waals surface area contributed by atoms with Gasteiger partial charge in [-0.3, -0.25) is 6.67 Å². The molecule has 1 saturated carbocycles. The fourth-order valence-corrected chi connectivity index (χ4v) is 8.94. The molecule has 30 heavy (non-hydrogen) atoms. The predicted octanol–water partition coefficient (Wildman–Crippen LogP) is 7.62. The third-order valence-electron chi connectivity index (χ3n) is 6.75. The van der Waals surface area contributed by atoms with Crippen molar-refractivity contribution in [3.05, 3.63) is 71.2 Å². The van der Waals surface area contributed by atoms with Gasteiger partial charge in [-0.1, -0.05) is 67.1 Å². The van der Waals surface area contributed by atoms with E-state index in [9.17, 15) is 0 Å². The van der Waals surface area contributed by atoms with Crippen LogP contribution in [-0.4, -0.2) is 32.8 Å². The average molecular weight is 499 g/mol. The Labute approximate surface area is 201 Å². The van der Waals surface area contributed by atoms with E-state index in [1.165, 1.54) is 29.5 Å². The van der Waals surface area contributed by atoms with E-state index in [-0.39, 0.29) is 7.43 Å². The maximum atomic E-state index is 4.89. The minimum atomic E-state index is -1.56. The van der Waals surface area contributed by atoms with Crippen molar-refractivity contribution in [2.75, 3.05) is 20.0 Å². The van der Waals surface area contributed by atoms with E-state index in [2.05, 4.69) is 78.6 Å². The predicted molar refractivity (Wildman–Crippen MR) is 132 cm³/mol. The SMILES string of the molecule is Cc1cc(C)cc(C2=CC=CC3C2CCC3[Si](C)(C)N2C[N-]C[N-]C2)c1.[CH3-].[Cl][Ti+4][Cl]. The Hall–Kier alpha value is 0.0912. The first kappa shape index (κ1) is 26.3. The molecule has 1 aliphatic heterocycles. The fraction of sp³-hybridized carbons (Fsp3) is 0.522. The molecular formula is C23H34Cl2N3SiTi+. The summed E-state index contributed by atoms with van der Waals surface area (Å²) in [4.78, 5) is 0. The van der Waals surface area contributed by atoms with Crippen molar-refractivity contribution in [2.45, 2.75) is 45.3 Å². The number of hydrogen-bond donors (Lipinski definition) is 0. The van der Waals surface area contributed by atoms with Crippen molar-refractivity contribution in [1.82, 2.24) is 4.57 Å². The molecule has 1 aromatic rings. The zero-order valence-corrected chi connectivity index (χ0v) is 22.9. The third-order valence-corrected chi connectivity index (χ3v) is 11.1. The standard InChI is InChI=1S/C22H31N3Si.CH3.2ClH.Ti/c1-16-10-17(2)12-18(11-16)19-6-5-7-21-20(19)8-9-22(21)26(3,4)25-14-23-13-24-15-25;;;;/h5-7,10-12,20-22H,8-9,13-15H2,1-4H3;1H3;2*1H;/q-2;-1;;;+6/p-2. The van der Waals surface area contributed by atoms with Crippen LogP contribution in [-0.2, 0) is 17.0 Å². The van der Waals surface area contributed by atoms with Crippen LogP contribution in [0.3, 0.4) is 0 Å². The van der Waals surface area contributed by atoms with Gasteiger partial charge in [0.2, 0.25) is 0 Å². The molecule has 0 spiro atoms. The number of fused-ring (bicyclic) bond motifs is 1. The molecular weight excluding hydrogens is 465 g/mol. The summed E-state index contributed by atoms with van der Waals surface area (Å²) in [7, 11) is 8.22. The second-order valence-corrected chi connectivity index (χ2v) is 16.1. The van der Waals surface area contributed by atoms with Gasteiger partial charge in [-0.25, -0.2) is 0 Å². The van der Waals surface area contributed by atoms with Crippen LogP contribution in [0.25, 0.3) is 16.2 Å². The fourth-order valence-electron chi connectivity index (χ4n) is 5.39. The summed E-state index contributed by atoms with van der Waals surface area (Å²) in [5.41, 5.74) is 6.53. The number of hydrogen-bond acceptors (Lipinski definition) is 1. The molecule has 0 bridgehead atoms. The van der Waals surface area contributed by atoms with Gasteiger partial charge in [0, 0.05) is 0 Å². The minimum absolute atomic E-state index is 0. The number of rotatable bonds is 3. The molecule has 1 heterocycles. The van der Waals surface area contributed by atoms with Crippen molar-refractivity contribution in [1.29, 1.82) is 0 Å². The number of nitrogens with zero attached hydrogens (tertiary/aromatic N) is 3. The summed E-state index contributed by atoms with van der Waals surface area (Å²) in [5, 5.41) is 9.09. The number of aryl methyl sites for hydroxylation is 2. The Balaban J connectivity index is 0.000000757. The summed E-state index contributed by atoms with van der Waals surface area (Å²) in [6.45, 7) is 12.0. The molecule has 3 aliphatic rings. The molecule has 0 radical (unpaired) electrons. The average Bonchev–Trinajstić information content (AvgIpc) is 3.13. The Kier molecular flexibility index (Phi) is 10.4. The Morgan fingerprint density at radius 3 is 2.23 bits per heavy atom. The molecule has 4 rings (SSSR count). The third kappa shape index (κ3) is 5.90. The Morgan fingerprint density at radius 2 is 1.63 bits per heavy atom. The summed E-state index contributed by atoms with van der Waals surface area (Å²) in [5.74, 6) is 1.36. The molecule has 3 atom stereocenters. The molecule has 0 N–H and O–H groups in total. The second kappa shape index (κ2) is 11.8. The van der Waals surface area contributed by atoms with Gasteiger partial charge in [-0.15, -0.1) is 13.3 Å². The molecule has 1 aromatic carbocycles. The first-order chi connectivity index (χ1) is 13.9. The molecule has 3 nitrogen and oxygen atoms in total. The molecule has 2 aliphatic carbocycles. The van der Waals surface area contributed by atoms with Crippen LogP contribution < -0.4 is 0 Å². The van der Waals surface area contributed by atoms with E-state index in [1.807, 2.05) is 0 Å². The summed E-state index contributed by atoms with van der Waals surface area (Å²) in [6, 6.07) is 7.01. The van der Waals surface area contributed by atoms with Gasteiger partial charge in [0.1, 0.15) is 8.24 Å². The van der Waals surface area contributed by atoms with Crippen LogP contribution >= 0.6 is 18.6 Å². The first-order valence-electron chi connectivity index (χ1n) is 10.3. The molecule has 0 aromatic heterocycles. The van der Waals surface area contributed by atoms with Crippen LogP contribution in [0, 0.1) is 33.1 Å². The Morgan fingerprint density at radius 1 is 1.03 bits per heavy atom. The van der Waals surface area contributed by atoms with E-state index in [0.717, 1.165) is 18.9 Å². The normalized spacial score (nSPS) is 26.3. The van der Waals surface area contributed by atoms with Crippen molar-refractivity contribution < 1.29 is 17.0 Å². The molecule has 2 fully saturated rings. The summed E-state index contributed by atoms with van der Waals surface area (Å²) < 4.78 is 2.60. The summed E-state index contributed by atoms with van der Waals surface area (Å²) >= 11 is -0.556. The zero-order chi connectivity index (χ0) is 21.0. The van der Waals surface area contributed by atoms with E-state index in [4.69, 9.17) is 18.6 Å². The zero-order valence-electron chi connectivity index (χ0n) is 18.8. The Bertz CT molecular complexity index is 743. The van der Waals surface area contributed by atoms with Gasteiger partial charge in [-0.2, -0.15) is 0 Å². The van der Waals surface area contributed by atoms with Gasteiger partial charge in [0.05, 0.1) is 0 Å². The molecule has 0 amide bonds. The second-order valence-electron chi connectivity index (χ2n) is 8.89. The molecule has 162 valence electrons. The van der Waals surface area contributed by atoms with E-state index < -0.39 is 25.3 Å². The van der Waals surface area contributed by atoms with Crippen LogP contribution in [0.1, 0.15) is 29.5 Å². The number of allylic oxidation sites excluding steroid dienone is 4. The van der Waals surface area contributed by atoms with Crippen LogP contribution in [0.2, 0.25) is 18.6 Å². The van der Waals surface area contributed by atoms with Crippen molar-refractivity contribution in [3.63, 3.8) is 0 Å². The first-order valence-corrected chi connectivity index (χ1v) is 17.7. The summed E-state index contributed by atoms with van der Waals surface area (Å²) in [6.07, 6.45) is 9.86. The van der Waals surface area contributed by atoms with Crippen LogP contribution in [0.4, 0.5) is 0 Å².